The van der Waals surface area contributed by atoms with Crippen molar-refractivity contribution >= 4 is 29.2 Å². The fourth-order valence-electron chi connectivity index (χ4n) is 2.92. The highest BCUT2D eigenvalue weighted by molar-refractivity contribution is 6.04. The Morgan fingerprint density at radius 2 is 1.74 bits per heavy atom. The summed E-state index contributed by atoms with van der Waals surface area (Å²) < 4.78 is 0. The number of urea groups is 1. The monoisotopic (exact) mass is 366 g/mol. The fraction of sp³-hybridized carbons (Fsp3) is 0.250. The van der Waals surface area contributed by atoms with Crippen LogP contribution in [0.3, 0.4) is 0 Å². The Morgan fingerprint density at radius 3 is 2.37 bits per heavy atom. The van der Waals surface area contributed by atoms with Crippen LogP contribution < -0.4 is 16.0 Å². The van der Waals surface area contributed by atoms with E-state index in [1.54, 1.807) is 36.4 Å². The number of likely N-dealkylation sites (tertiary alicyclic amines) is 1. The molecule has 0 aliphatic carbocycles. The van der Waals surface area contributed by atoms with Gasteiger partial charge >= 0.3 is 6.03 Å². The first-order valence-corrected chi connectivity index (χ1v) is 8.82. The average molecular weight is 366 g/mol. The highest BCUT2D eigenvalue weighted by Gasteiger charge is 2.20. The molecule has 0 spiro atoms. The second-order valence-electron chi connectivity index (χ2n) is 6.35. The Bertz CT molecular complexity index is 849. The summed E-state index contributed by atoms with van der Waals surface area (Å²) in [6, 6.07) is 13.8. The van der Waals surface area contributed by atoms with Crippen molar-refractivity contribution in [3.05, 3.63) is 59.7 Å². The molecule has 0 saturated carbocycles. The van der Waals surface area contributed by atoms with Gasteiger partial charge in [-0.25, -0.2) is 4.79 Å². The molecule has 0 unspecified atom stereocenters. The molecular formula is C20H22N4O3. The minimum Gasteiger partial charge on any atom is -0.341 e. The van der Waals surface area contributed by atoms with Gasteiger partial charge in [-0.3, -0.25) is 9.59 Å². The first kappa shape index (κ1) is 18.4. The van der Waals surface area contributed by atoms with E-state index < -0.39 is 0 Å². The summed E-state index contributed by atoms with van der Waals surface area (Å²) in [5.74, 6) is -0.0574. The number of carbonyl (C=O) groups excluding carboxylic acids is 3. The smallest absolute Gasteiger partial charge is 0.318 e. The lowest BCUT2D eigenvalue weighted by Gasteiger charge is -2.15. The molecular weight excluding hydrogens is 344 g/mol. The maximum absolute atomic E-state index is 12.4. The number of hydrogen-bond acceptors (Lipinski definition) is 3. The first-order chi connectivity index (χ1) is 13.0. The summed E-state index contributed by atoms with van der Waals surface area (Å²) >= 11 is 0. The molecule has 140 valence electrons. The van der Waals surface area contributed by atoms with E-state index in [1.807, 2.05) is 17.0 Å². The predicted molar refractivity (Wildman–Crippen MR) is 104 cm³/mol. The summed E-state index contributed by atoms with van der Waals surface area (Å²) in [4.78, 5) is 37.4. The van der Waals surface area contributed by atoms with Crippen LogP contribution in [0.4, 0.5) is 16.2 Å². The number of nitrogens with one attached hydrogen (secondary N) is 3. The Hall–Kier alpha value is -3.35. The number of hydrogen-bond donors (Lipinski definition) is 3. The van der Waals surface area contributed by atoms with E-state index >= 15 is 0 Å². The zero-order valence-corrected chi connectivity index (χ0v) is 15.1. The number of rotatable bonds is 5. The highest BCUT2D eigenvalue weighted by atomic mass is 16.2. The van der Waals surface area contributed by atoms with Gasteiger partial charge in [0.2, 0.25) is 5.91 Å². The maximum Gasteiger partial charge on any atom is 0.318 e. The molecule has 7 nitrogen and oxygen atoms in total. The fourth-order valence-corrected chi connectivity index (χ4v) is 2.92. The minimum absolute atomic E-state index is 0.182. The van der Waals surface area contributed by atoms with E-state index in [1.165, 1.54) is 7.05 Å². The molecule has 0 bridgehead atoms. The summed E-state index contributed by atoms with van der Waals surface area (Å²) in [7, 11) is 1.53. The van der Waals surface area contributed by atoms with E-state index in [-0.39, 0.29) is 17.8 Å². The van der Waals surface area contributed by atoms with Gasteiger partial charge in [-0.1, -0.05) is 18.2 Å². The van der Waals surface area contributed by atoms with E-state index in [0.717, 1.165) is 18.5 Å². The van der Waals surface area contributed by atoms with Crippen LogP contribution in [0.2, 0.25) is 0 Å². The summed E-state index contributed by atoms with van der Waals surface area (Å²) in [5.41, 5.74) is 2.69. The van der Waals surface area contributed by atoms with Gasteiger partial charge in [0.05, 0.1) is 0 Å². The second kappa shape index (κ2) is 8.35. The molecule has 0 radical (unpaired) electrons. The standard InChI is InChI=1S/C20H22N4O3/c1-21-20(27)23-17-5-2-4-16(12-17)22-19(26)15-9-7-14(8-10-15)13-24-11-3-6-18(24)25/h2,4-5,7-10,12H,3,6,11,13H2,1H3,(H,22,26)(H2,21,23,27). The van der Waals surface area contributed by atoms with Crippen LogP contribution in [-0.2, 0) is 11.3 Å². The van der Waals surface area contributed by atoms with E-state index in [4.69, 9.17) is 0 Å². The van der Waals surface area contributed by atoms with E-state index in [9.17, 15) is 14.4 Å². The summed E-state index contributed by atoms with van der Waals surface area (Å²) in [5, 5.41) is 7.94. The Balaban J connectivity index is 1.61. The lowest BCUT2D eigenvalue weighted by Crippen LogP contribution is -2.24. The molecule has 3 rings (SSSR count). The van der Waals surface area contributed by atoms with Crippen LogP contribution in [-0.4, -0.2) is 36.3 Å². The van der Waals surface area contributed by atoms with Crippen molar-refractivity contribution in [2.45, 2.75) is 19.4 Å². The number of amides is 4. The van der Waals surface area contributed by atoms with Gasteiger partial charge in [-0.15, -0.1) is 0 Å². The SMILES string of the molecule is CNC(=O)Nc1cccc(NC(=O)c2ccc(CN3CCCC3=O)cc2)c1. The third kappa shape index (κ3) is 4.84. The quantitative estimate of drug-likeness (QED) is 0.760. The molecule has 1 aliphatic heterocycles. The van der Waals surface area contributed by atoms with Gasteiger partial charge in [0.1, 0.15) is 0 Å². The van der Waals surface area contributed by atoms with Crippen LogP contribution in [0.1, 0.15) is 28.8 Å². The van der Waals surface area contributed by atoms with Gasteiger partial charge in [0.25, 0.3) is 5.91 Å². The molecule has 0 aromatic heterocycles. The van der Waals surface area contributed by atoms with Crippen molar-refractivity contribution in [3.8, 4) is 0 Å². The number of carbonyl (C=O) groups is 3. The first-order valence-electron chi connectivity index (χ1n) is 8.82. The molecule has 2 aromatic carbocycles. The van der Waals surface area contributed by atoms with Crippen LogP contribution >= 0.6 is 0 Å². The molecule has 1 fully saturated rings. The van der Waals surface area contributed by atoms with Crippen molar-refractivity contribution in [3.63, 3.8) is 0 Å². The summed E-state index contributed by atoms with van der Waals surface area (Å²) in [6.07, 6.45) is 1.53. The number of anilines is 2. The lowest BCUT2D eigenvalue weighted by atomic mass is 10.1. The molecule has 4 amide bonds. The molecule has 7 heteroatoms. The van der Waals surface area contributed by atoms with Crippen LogP contribution in [0.5, 0.6) is 0 Å². The van der Waals surface area contributed by atoms with E-state index in [0.29, 0.717) is 29.9 Å². The van der Waals surface area contributed by atoms with Gasteiger partial charge in [-0.05, 0) is 42.3 Å². The van der Waals surface area contributed by atoms with Gasteiger partial charge in [-0.2, -0.15) is 0 Å². The zero-order valence-electron chi connectivity index (χ0n) is 15.1. The molecule has 1 aliphatic rings. The predicted octanol–water partition coefficient (Wildman–Crippen LogP) is 2.81. The lowest BCUT2D eigenvalue weighted by molar-refractivity contribution is -0.128. The van der Waals surface area contributed by atoms with Crippen LogP contribution in [0.25, 0.3) is 0 Å². The third-order valence-corrected chi connectivity index (χ3v) is 4.37. The molecule has 3 N–H and O–H groups in total. The summed E-state index contributed by atoms with van der Waals surface area (Å²) in [6.45, 7) is 1.37. The number of nitrogens with zero attached hydrogens (tertiary/aromatic N) is 1. The van der Waals surface area contributed by atoms with Crippen molar-refractivity contribution in [1.29, 1.82) is 0 Å². The van der Waals surface area contributed by atoms with Crippen LogP contribution in [0.15, 0.2) is 48.5 Å². The Kier molecular flexibility index (Phi) is 5.71. The van der Waals surface area contributed by atoms with Crippen molar-refractivity contribution < 1.29 is 14.4 Å². The zero-order chi connectivity index (χ0) is 19.2. The van der Waals surface area contributed by atoms with Crippen molar-refractivity contribution in [2.24, 2.45) is 0 Å². The highest BCUT2D eigenvalue weighted by Crippen LogP contribution is 2.17. The van der Waals surface area contributed by atoms with Gasteiger partial charge in [0, 0.05) is 43.5 Å². The topological polar surface area (TPSA) is 90.5 Å². The molecule has 0 atom stereocenters. The largest absolute Gasteiger partial charge is 0.341 e. The molecule has 1 heterocycles. The molecule has 1 saturated heterocycles. The van der Waals surface area contributed by atoms with Gasteiger partial charge in [0.15, 0.2) is 0 Å². The van der Waals surface area contributed by atoms with E-state index in [2.05, 4.69) is 16.0 Å². The third-order valence-electron chi connectivity index (χ3n) is 4.37. The Morgan fingerprint density at radius 1 is 1.04 bits per heavy atom. The number of benzene rings is 2. The second-order valence-corrected chi connectivity index (χ2v) is 6.35. The van der Waals surface area contributed by atoms with Crippen LogP contribution in [0, 0.1) is 0 Å². The molecule has 27 heavy (non-hydrogen) atoms. The minimum atomic E-state index is -0.328. The normalized spacial score (nSPS) is 13.4. The Labute approximate surface area is 157 Å². The average Bonchev–Trinajstić information content (AvgIpc) is 3.07. The van der Waals surface area contributed by atoms with Gasteiger partial charge < -0.3 is 20.9 Å². The van der Waals surface area contributed by atoms with Crippen molar-refractivity contribution in [1.82, 2.24) is 10.2 Å². The molecule has 2 aromatic rings. The van der Waals surface area contributed by atoms with Crippen molar-refractivity contribution in [2.75, 3.05) is 24.2 Å². The maximum atomic E-state index is 12.4.